The highest BCUT2D eigenvalue weighted by Gasteiger charge is 2.24. The van der Waals surface area contributed by atoms with E-state index in [0.717, 1.165) is 12.8 Å². The number of halogens is 1. The molecule has 0 bridgehead atoms. The lowest BCUT2D eigenvalue weighted by Gasteiger charge is -2.27. The molecule has 1 heterocycles. The minimum Gasteiger partial charge on any atom is -0.481 e. The van der Waals surface area contributed by atoms with Gasteiger partial charge < -0.3 is 14.8 Å². The summed E-state index contributed by atoms with van der Waals surface area (Å²) < 4.78 is 10.2. The fourth-order valence-corrected chi connectivity index (χ4v) is 2.43. The number of aromatic nitrogens is 2. The van der Waals surface area contributed by atoms with E-state index in [2.05, 4.69) is 15.3 Å². The van der Waals surface area contributed by atoms with Crippen LogP contribution in [0.15, 0.2) is 6.07 Å². The van der Waals surface area contributed by atoms with Crippen LogP contribution >= 0.6 is 11.6 Å². The van der Waals surface area contributed by atoms with Crippen LogP contribution in [0.1, 0.15) is 25.7 Å². The Bertz CT molecular complexity index is 381. The summed E-state index contributed by atoms with van der Waals surface area (Å²) in [4.78, 5) is 8.49. The second-order valence-electron chi connectivity index (χ2n) is 4.33. The lowest BCUT2D eigenvalue weighted by Crippen LogP contribution is -2.33. The molecule has 1 aromatic rings. The molecule has 0 spiro atoms. The van der Waals surface area contributed by atoms with Crippen LogP contribution in [0.25, 0.3) is 0 Å². The van der Waals surface area contributed by atoms with Gasteiger partial charge in [0, 0.05) is 6.04 Å². The molecule has 0 aromatic carbocycles. The van der Waals surface area contributed by atoms with Crippen LogP contribution in [-0.2, 0) is 0 Å². The molecule has 1 saturated carbocycles. The minimum atomic E-state index is 0.125. The molecule has 1 aliphatic rings. The first-order valence-corrected chi connectivity index (χ1v) is 6.54. The van der Waals surface area contributed by atoms with Crippen molar-refractivity contribution in [2.45, 2.75) is 37.1 Å². The van der Waals surface area contributed by atoms with E-state index in [4.69, 9.17) is 21.1 Å². The largest absolute Gasteiger partial charge is 0.481 e. The smallest absolute Gasteiger partial charge is 0.229 e. The molecule has 1 aliphatic carbocycles. The van der Waals surface area contributed by atoms with Gasteiger partial charge in [0.05, 0.1) is 25.7 Å². The first-order valence-electron chi connectivity index (χ1n) is 6.10. The maximum atomic E-state index is 6.30. The van der Waals surface area contributed by atoms with Crippen LogP contribution in [0.5, 0.6) is 11.8 Å². The van der Waals surface area contributed by atoms with Crippen molar-refractivity contribution in [2.75, 3.05) is 19.5 Å². The van der Waals surface area contributed by atoms with E-state index in [1.807, 2.05) is 0 Å². The summed E-state index contributed by atoms with van der Waals surface area (Å²) in [6, 6.07) is 1.85. The molecule has 2 atom stereocenters. The van der Waals surface area contributed by atoms with Crippen molar-refractivity contribution < 1.29 is 9.47 Å². The number of nitrogens with one attached hydrogen (secondary N) is 1. The highest BCUT2D eigenvalue weighted by molar-refractivity contribution is 6.21. The van der Waals surface area contributed by atoms with Gasteiger partial charge in [-0.2, -0.15) is 9.97 Å². The van der Waals surface area contributed by atoms with Crippen LogP contribution in [-0.4, -0.2) is 35.6 Å². The van der Waals surface area contributed by atoms with Crippen molar-refractivity contribution in [3.63, 3.8) is 0 Å². The van der Waals surface area contributed by atoms with Crippen molar-refractivity contribution in [2.24, 2.45) is 0 Å². The molecule has 100 valence electrons. The average Bonchev–Trinajstić information content (AvgIpc) is 2.41. The fourth-order valence-electron chi connectivity index (χ4n) is 2.09. The first kappa shape index (κ1) is 13.2. The van der Waals surface area contributed by atoms with Gasteiger partial charge in [-0.1, -0.05) is 12.8 Å². The third kappa shape index (κ3) is 3.16. The van der Waals surface area contributed by atoms with Crippen molar-refractivity contribution in [3.05, 3.63) is 6.07 Å². The lowest BCUT2D eigenvalue weighted by atomic mass is 9.95. The Hall–Kier alpha value is -1.23. The van der Waals surface area contributed by atoms with Crippen molar-refractivity contribution >= 4 is 17.5 Å². The topological polar surface area (TPSA) is 56.3 Å². The Balaban J connectivity index is 2.12. The molecule has 5 nitrogen and oxygen atoms in total. The molecular weight excluding hydrogens is 254 g/mol. The van der Waals surface area contributed by atoms with E-state index in [1.54, 1.807) is 20.3 Å². The Kier molecular flexibility index (Phi) is 4.47. The Labute approximate surface area is 112 Å². The van der Waals surface area contributed by atoms with Crippen molar-refractivity contribution in [1.29, 1.82) is 0 Å². The number of hydrogen-bond donors (Lipinski definition) is 1. The van der Waals surface area contributed by atoms with Gasteiger partial charge in [-0.15, -0.1) is 11.6 Å². The van der Waals surface area contributed by atoms with E-state index in [0.29, 0.717) is 17.7 Å². The van der Waals surface area contributed by atoms with E-state index >= 15 is 0 Å². The van der Waals surface area contributed by atoms with E-state index in [-0.39, 0.29) is 11.4 Å². The molecule has 2 rings (SSSR count). The maximum absolute atomic E-state index is 6.30. The Morgan fingerprint density at radius 2 is 1.78 bits per heavy atom. The molecule has 1 aromatic heterocycles. The number of rotatable bonds is 4. The molecular formula is C12H18ClN3O2. The van der Waals surface area contributed by atoms with Gasteiger partial charge in [-0.25, -0.2) is 0 Å². The zero-order chi connectivity index (χ0) is 13.0. The molecule has 0 saturated heterocycles. The molecule has 0 aliphatic heterocycles. The second-order valence-corrected chi connectivity index (χ2v) is 4.89. The predicted octanol–water partition coefficient (Wildman–Crippen LogP) is 2.46. The Morgan fingerprint density at radius 3 is 2.33 bits per heavy atom. The van der Waals surface area contributed by atoms with E-state index in [1.165, 1.54) is 12.8 Å². The number of nitrogens with zero attached hydrogens (tertiary/aromatic N) is 2. The molecule has 1 N–H and O–H groups in total. The van der Waals surface area contributed by atoms with Gasteiger partial charge in [0.2, 0.25) is 17.7 Å². The van der Waals surface area contributed by atoms with Crippen LogP contribution in [0.2, 0.25) is 0 Å². The predicted molar refractivity (Wildman–Crippen MR) is 70.7 cm³/mol. The van der Waals surface area contributed by atoms with Gasteiger partial charge >= 0.3 is 0 Å². The Morgan fingerprint density at radius 1 is 1.17 bits per heavy atom. The third-order valence-electron chi connectivity index (χ3n) is 3.09. The third-order valence-corrected chi connectivity index (χ3v) is 3.62. The lowest BCUT2D eigenvalue weighted by molar-refractivity contribution is 0.372. The van der Waals surface area contributed by atoms with Crippen molar-refractivity contribution in [1.82, 2.24) is 9.97 Å². The molecule has 18 heavy (non-hydrogen) atoms. The number of ether oxygens (including phenoxy) is 2. The SMILES string of the molecule is COc1cc(OC)nc(NC2CCCCC2Cl)n1. The summed E-state index contributed by atoms with van der Waals surface area (Å²) in [5, 5.41) is 3.39. The monoisotopic (exact) mass is 271 g/mol. The van der Waals surface area contributed by atoms with Gasteiger partial charge in [-0.05, 0) is 12.8 Å². The maximum Gasteiger partial charge on any atom is 0.229 e. The van der Waals surface area contributed by atoms with Crippen LogP contribution in [0.4, 0.5) is 5.95 Å². The summed E-state index contributed by atoms with van der Waals surface area (Å²) in [5.74, 6) is 1.46. The number of anilines is 1. The quantitative estimate of drug-likeness (QED) is 0.853. The van der Waals surface area contributed by atoms with E-state index < -0.39 is 0 Å². The molecule has 0 radical (unpaired) electrons. The normalized spacial score (nSPS) is 23.5. The molecule has 2 unspecified atom stereocenters. The van der Waals surface area contributed by atoms with Gasteiger partial charge in [-0.3, -0.25) is 0 Å². The second kappa shape index (κ2) is 6.09. The molecule has 6 heteroatoms. The molecule has 1 fully saturated rings. The summed E-state index contributed by atoms with van der Waals surface area (Å²) in [6.45, 7) is 0. The zero-order valence-corrected chi connectivity index (χ0v) is 11.4. The highest BCUT2D eigenvalue weighted by Crippen LogP contribution is 2.26. The van der Waals surface area contributed by atoms with E-state index in [9.17, 15) is 0 Å². The highest BCUT2D eigenvalue weighted by atomic mass is 35.5. The first-order chi connectivity index (χ1) is 8.72. The summed E-state index contributed by atoms with van der Waals surface area (Å²) in [5.41, 5.74) is 0. The zero-order valence-electron chi connectivity index (χ0n) is 10.6. The van der Waals surface area contributed by atoms with Gasteiger partial charge in [0.25, 0.3) is 0 Å². The standard InChI is InChI=1S/C12H18ClN3O2/c1-17-10-7-11(18-2)16-12(15-10)14-9-6-4-3-5-8(9)13/h7-9H,3-6H2,1-2H3,(H,14,15,16). The van der Waals surface area contributed by atoms with Gasteiger partial charge in [0.15, 0.2) is 0 Å². The van der Waals surface area contributed by atoms with Crippen LogP contribution in [0, 0.1) is 0 Å². The molecule has 0 amide bonds. The minimum absolute atomic E-state index is 0.125. The summed E-state index contributed by atoms with van der Waals surface area (Å²) >= 11 is 6.30. The fraction of sp³-hybridized carbons (Fsp3) is 0.667. The van der Waals surface area contributed by atoms with Crippen LogP contribution in [0.3, 0.4) is 0 Å². The summed E-state index contributed by atoms with van der Waals surface area (Å²) in [7, 11) is 3.13. The average molecular weight is 272 g/mol. The number of methoxy groups -OCH3 is 2. The van der Waals surface area contributed by atoms with Crippen LogP contribution < -0.4 is 14.8 Å². The summed E-state index contributed by atoms with van der Waals surface area (Å²) in [6.07, 6.45) is 4.44. The number of hydrogen-bond acceptors (Lipinski definition) is 5. The number of alkyl halides is 1. The van der Waals surface area contributed by atoms with Gasteiger partial charge in [0.1, 0.15) is 0 Å². The van der Waals surface area contributed by atoms with Crippen molar-refractivity contribution in [3.8, 4) is 11.8 Å².